The summed E-state index contributed by atoms with van der Waals surface area (Å²) in [5, 5.41) is 6.96. The molecule has 0 aliphatic carbocycles. The Morgan fingerprint density at radius 3 is 2.71 bits per heavy atom. The van der Waals surface area contributed by atoms with E-state index in [1.54, 1.807) is 0 Å². The van der Waals surface area contributed by atoms with Crippen molar-refractivity contribution >= 4 is 35.8 Å². The number of hydrogen-bond donors (Lipinski definition) is 2. The monoisotopic (exact) mass is 544 g/mol. The van der Waals surface area contributed by atoms with Crippen molar-refractivity contribution in [3.05, 3.63) is 23.9 Å². The van der Waals surface area contributed by atoms with E-state index in [0.717, 1.165) is 44.6 Å². The van der Waals surface area contributed by atoms with Gasteiger partial charge in [0.15, 0.2) is 5.96 Å². The van der Waals surface area contributed by atoms with Gasteiger partial charge < -0.3 is 20.3 Å². The minimum Gasteiger partial charge on any atom is -0.375 e. The fourth-order valence-corrected chi connectivity index (χ4v) is 4.18. The molecule has 2 aliphatic heterocycles. The van der Waals surface area contributed by atoms with Crippen molar-refractivity contribution in [1.82, 2.24) is 20.5 Å². The first kappa shape index (κ1) is 26.1. The Hall–Kier alpha value is -1.13. The van der Waals surface area contributed by atoms with Crippen molar-refractivity contribution in [1.29, 1.82) is 0 Å². The third-order valence-electron chi connectivity index (χ3n) is 6.04. The summed E-state index contributed by atoms with van der Waals surface area (Å²) in [5.74, 6) is 1.89. The average Bonchev–Trinajstić information content (AvgIpc) is 2.76. The number of aromatic nitrogens is 1. The lowest BCUT2D eigenvalue weighted by atomic mass is 9.98. The van der Waals surface area contributed by atoms with Crippen LogP contribution in [-0.2, 0) is 11.3 Å². The Kier molecular flexibility index (Phi) is 10.8. The Morgan fingerprint density at radius 2 is 2.00 bits per heavy atom. The number of piperidine rings is 1. The summed E-state index contributed by atoms with van der Waals surface area (Å²) in [5.41, 5.74) is 1.29. The average molecular weight is 545 g/mol. The molecule has 2 aliphatic rings. The van der Waals surface area contributed by atoms with Crippen molar-refractivity contribution in [2.75, 3.05) is 50.8 Å². The zero-order chi connectivity index (χ0) is 21.4. The second-order valence-electron chi connectivity index (χ2n) is 9.06. The molecule has 3 heterocycles. The number of halogens is 1. The van der Waals surface area contributed by atoms with E-state index >= 15 is 0 Å². The van der Waals surface area contributed by atoms with E-state index in [1.165, 1.54) is 37.9 Å². The second kappa shape index (κ2) is 12.8. The number of nitrogens with zero attached hydrogens (tertiary/aromatic N) is 4. The lowest BCUT2D eigenvalue weighted by Crippen LogP contribution is -2.54. The maximum Gasteiger partial charge on any atom is 0.191 e. The fourth-order valence-electron chi connectivity index (χ4n) is 4.18. The van der Waals surface area contributed by atoms with Gasteiger partial charge in [-0.05, 0) is 71.3 Å². The summed E-state index contributed by atoms with van der Waals surface area (Å²) >= 11 is 0. The molecule has 0 amide bonds. The van der Waals surface area contributed by atoms with Crippen LogP contribution in [0.3, 0.4) is 0 Å². The molecule has 2 fully saturated rings. The van der Waals surface area contributed by atoms with Gasteiger partial charge in [0.1, 0.15) is 5.82 Å². The molecule has 0 radical (unpaired) electrons. The van der Waals surface area contributed by atoms with Gasteiger partial charge >= 0.3 is 0 Å². The number of ether oxygens (including phenoxy) is 1. The van der Waals surface area contributed by atoms with Gasteiger partial charge in [0.2, 0.25) is 0 Å². The third-order valence-corrected chi connectivity index (χ3v) is 6.04. The number of likely N-dealkylation sites (tertiary alicyclic amines) is 1. The van der Waals surface area contributed by atoms with Gasteiger partial charge in [-0.25, -0.2) is 9.98 Å². The number of hydrogen-bond acceptors (Lipinski definition) is 5. The Morgan fingerprint density at radius 1 is 1.23 bits per heavy atom. The zero-order valence-electron chi connectivity index (χ0n) is 19.7. The Labute approximate surface area is 205 Å². The van der Waals surface area contributed by atoms with Crippen molar-refractivity contribution in [2.24, 2.45) is 4.99 Å². The summed E-state index contributed by atoms with van der Waals surface area (Å²) < 4.78 is 5.65. The number of rotatable bonds is 7. The molecular weight excluding hydrogens is 503 g/mol. The molecule has 31 heavy (non-hydrogen) atoms. The first-order valence-electron chi connectivity index (χ1n) is 11.6. The molecule has 0 aromatic carbocycles. The van der Waals surface area contributed by atoms with E-state index in [-0.39, 0.29) is 35.6 Å². The van der Waals surface area contributed by atoms with Gasteiger partial charge in [-0.1, -0.05) is 6.42 Å². The van der Waals surface area contributed by atoms with Crippen LogP contribution >= 0.6 is 24.0 Å². The number of guanidine groups is 1. The second-order valence-corrected chi connectivity index (χ2v) is 9.06. The molecule has 2 N–H and O–H groups in total. The molecule has 0 spiro atoms. The van der Waals surface area contributed by atoms with Crippen molar-refractivity contribution < 1.29 is 4.74 Å². The molecule has 1 aromatic heterocycles. The van der Waals surface area contributed by atoms with Crippen LogP contribution < -0.4 is 15.5 Å². The van der Waals surface area contributed by atoms with Crippen LogP contribution in [0.15, 0.2) is 23.3 Å². The molecule has 0 saturated carbocycles. The maximum atomic E-state index is 5.65. The van der Waals surface area contributed by atoms with Crippen LogP contribution in [-0.4, -0.2) is 73.4 Å². The van der Waals surface area contributed by atoms with Crippen molar-refractivity contribution in [2.45, 2.75) is 65.1 Å². The van der Waals surface area contributed by atoms with Gasteiger partial charge in [0.25, 0.3) is 0 Å². The summed E-state index contributed by atoms with van der Waals surface area (Å²) in [6, 6.07) is 4.21. The minimum atomic E-state index is 0. The lowest BCUT2D eigenvalue weighted by Gasteiger charge is -2.41. The van der Waals surface area contributed by atoms with Crippen LogP contribution in [0.1, 0.15) is 52.5 Å². The van der Waals surface area contributed by atoms with E-state index < -0.39 is 0 Å². The van der Waals surface area contributed by atoms with Crippen molar-refractivity contribution in [3.63, 3.8) is 0 Å². The first-order chi connectivity index (χ1) is 14.5. The largest absolute Gasteiger partial charge is 0.375 e. The van der Waals surface area contributed by atoms with Gasteiger partial charge in [-0.2, -0.15) is 0 Å². The quantitative estimate of drug-likeness (QED) is 0.312. The van der Waals surface area contributed by atoms with Gasteiger partial charge in [-0.15, -0.1) is 24.0 Å². The highest BCUT2D eigenvalue weighted by Crippen LogP contribution is 2.20. The Balaban J connectivity index is 0.00000341. The van der Waals surface area contributed by atoms with E-state index in [4.69, 9.17) is 9.73 Å². The highest BCUT2D eigenvalue weighted by molar-refractivity contribution is 14.0. The van der Waals surface area contributed by atoms with Crippen LogP contribution in [0.5, 0.6) is 0 Å². The van der Waals surface area contributed by atoms with Crippen LogP contribution in [0.4, 0.5) is 5.82 Å². The highest BCUT2D eigenvalue weighted by Gasteiger charge is 2.27. The number of aliphatic imine (C=N–C) groups is 1. The van der Waals surface area contributed by atoms with Gasteiger partial charge in [-0.3, -0.25) is 4.90 Å². The molecule has 1 atom stereocenters. The molecule has 2 saturated heterocycles. The van der Waals surface area contributed by atoms with E-state index in [1.807, 2.05) is 6.20 Å². The zero-order valence-corrected chi connectivity index (χ0v) is 22.0. The summed E-state index contributed by atoms with van der Waals surface area (Å²) in [6.07, 6.45) is 6.12. The standard InChI is InChI=1S/C23H40N6O.HI/c1-5-24-22(27-18-23(3,4)29-11-7-6-8-12-29)26-16-20-9-10-25-21(15-20)28-13-14-30-19(2)17-28;/h9-10,15,19H,5-8,11-14,16-18H2,1-4H3,(H2,24,26,27);1H. The maximum absolute atomic E-state index is 5.65. The van der Waals surface area contributed by atoms with Crippen LogP contribution in [0.2, 0.25) is 0 Å². The normalized spacial score (nSPS) is 20.8. The first-order valence-corrected chi connectivity index (χ1v) is 11.6. The number of morpholine rings is 1. The molecule has 7 nitrogen and oxygen atoms in total. The molecule has 0 bridgehead atoms. The molecule has 1 aromatic rings. The van der Waals surface area contributed by atoms with Gasteiger partial charge in [0.05, 0.1) is 19.3 Å². The minimum absolute atomic E-state index is 0. The number of pyridine rings is 1. The predicted molar refractivity (Wildman–Crippen MR) is 140 cm³/mol. The van der Waals surface area contributed by atoms with E-state index in [0.29, 0.717) is 6.54 Å². The molecule has 176 valence electrons. The molecular formula is C23H41IN6O. The summed E-state index contributed by atoms with van der Waals surface area (Å²) in [7, 11) is 0. The molecule has 3 rings (SSSR count). The molecule has 8 heteroatoms. The topological polar surface area (TPSA) is 65.0 Å². The summed E-state index contributed by atoms with van der Waals surface area (Å²) in [4.78, 5) is 14.3. The van der Waals surface area contributed by atoms with E-state index in [2.05, 4.69) is 65.2 Å². The SMILES string of the molecule is CCNC(=NCc1ccnc(N2CCOC(C)C2)c1)NCC(C)(C)N1CCCCC1.I. The number of anilines is 1. The van der Waals surface area contributed by atoms with E-state index in [9.17, 15) is 0 Å². The van der Waals surface area contributed by atoms with Crippen molar-refractivity contribution in [3.8, 4) is 0 Å². The van der Waals surface area contributed by atoms with Gasteiger partial charge in [0, 0.05) is 37.9 Å². The van der Waals surface area contributed by atoms with Crippen LogP contribution in [0.25, 0.3) is 0 Å². The predicted octanol–water partition coefficient (Wildman–Crippen LogP) is 3.24. The van der Waals surface area contributed by atoms with Crippen LogP contribution in [0, 0.1) is 0 Å². The lowest BCUT2D eigenvalue weighted by molar-refractivity contribution is 0.0529. The highest BCUT2D eigenvalue weighted by atomic mass is 127. The number of nitrogens with one attached hydrogen (secondary N) is 2. The summed E-state index contributed by atoms with van der Waals surface area (Å²) in [6.45, 7) is 16.2. The molecule has 1 unspecified atom stereocenters. The third kappa shape index (κ3) is 8.05. The smallest absolute Gasteiger partial charge is 0.191 e. The fraction of sp³-hybridized carbons (Fsp3) is 0.739. The Bertz CT molecular complexity index is 692.